The first-order valence-corrected chi connectivity index (χ1v) is 5.86. The molecule has 0 spiro atoms. The average molecular weight is 214 g/mol. The molecule has 0 aromatic rings. The molecule has 0 bridgehead atoms. The van der Waals surface area contributed by atoms with Gasteiger partial charge in [-0.1, -0.05) is 13.3 Å². The Bertz CT molecular complexity index is 209. The molecule has 3 heteroatoms. The molecule has 1 fully saturated rings. The Morgan fingerprint density at radius 1 is 1.47 bits per heavy atom. The van der Waals surface area contributed by atoms with Gasteiger partial charge < -0.3 is 9.47 Å². The number of rotatable bonds is 6. The van der Waals surface area contributed by atoms with Crippen LogP contribution in [0.1, 0.15) is 52.4 Å². The van der Waals surface area contributed by atoms with Gasteiger partial charge in [0.25, 0.3) is 0 Å². The molecule has 0 aromatic carbocycles. The third kappa shape index (κ3) is 3.49. The molecule has 0 N–H and O–H groups in total. The van der Waals surface area contributed by atoms with Gasteiger partial charge in [-0.2, -0.15) is 0 Å². The second kappa shape index (κ2) is 5.50. The molecule has 1 aliphatic rings. The summed E-state index contributed by atoms with van der Waals surface area (Å²) in [5, 5.41) is 0. The summed E-state index contributed by atoms with van der Waals surface area (Å²) in [6.45, 7) is 4.23. The minimum absolute atomic E-state index is 0.154. The summed E-state index contributed by atoms with van der Waals surface area (Å²) in [5.41, 5.74) is -0.207. The SMILES string of the molecule is CCCC(C)OC1(CC(=O)OC)CCC1. The van der Waals surface area contributed by atoms with E-state index in [4.69, 9.17) is 9.47 Å². The van der Waals surface area contributed by atoms with Crippen molar-refractivity contribution in [2.75, 3.05) is 7.11 Å². The van der Waals surface area contributed by atoms with Crippen molar-refractivity contribution in [3.8, 4) is 0 Å². The van der Waals surface area contributed by atoms with Crippen molar-refractivity contribution in [2.45, 2.75) is 64.1 Å². The first-order valence-electron chi connectivity index (χ1n) is 5.86. The smallest absolute Gasteiger partial charge is 0.308 e. The van der Waals surface area contributed by atoms with Crippen LogP contribution in [0.4, 0.5) is 0 Å². The molecule has 1 aliphatic carbocycles. The molecule has 0 radical (unpaired) electrons. The number of esters is 1. The topological polar surface area (TPSA) is 35.5 Å². The fourth-order valence-electron chi connectivity index (χ4n) is 2.13. The molecule has 15 heavy (non-hydrogen) atoms. The molecule has 3 nitrogen and oxygen atoms in total. The summed E-state index contributed by atoms with van der Waals surface area (Å²) >= 11 is 0. The lowest BCUT2D eigenvalue weighted by Gasteiger charge is -2.42. The Hall–Kier alpha value is -0.570. The quantitative estimate of drug-likeness (QED) is 0.638. The van der Waals surface area contributed by atoms with Crippen molar-refractivity contribution in [2.24, 2.45) is 0 Å². The standard InChI is InChI=1S/C12H22O3/c1-4-6-10(2)15-12(7-5-8-12)9-11(13)14-3/h10H,4-9H2,1-3H3. The van der Waals surface area contributed by atoms with Gasteiger partial charge in [0, 0.05) is 0 Å². The Kier molecular flexibility index (Phi) is 4.58. The van der Waals surface area contributed by atoms with Crippen molar-refractivity contribution in [1.29, 1.82) is 0 Å². The molecule has 0 aliphatic heterocycles. The van der Waals surface area contributed by atoms with Crippen molar-refractivity contribution < 1.29 is 14.3 Å². The van der Waals surface area contributed by atoms with Gasteiger partial charge in [-0.3, -0.25) is 4.79 Å². The summed E-state index contributed by atoms with van der Waals surface area (Å²) in [5.74, 6) is -0.154. The zero-order valence-corrected chi connectivity index (χ0v) is 10.0. The minimum atomic E-state index is -0.207. The second-order valence-corrected chi connectivity index (χ2v) is 4.51. The zero-order valence-electron chi connectivity index (χ0n) is 10.0. The van der Waals surface area contributed by atoms with Crippen molar-refractivity contribution in [3.63, 3.8) is 0 Å². The monoisotopic (exact) mass is 214 g/mol. The maximum atomic E-state index is 11.3. The number of ether oxygens (including phenoxy) is 2. The lowest BCUT2D eigenvalue weighted by molar-refractivity contribution is -0.167. The molecule has 1 rings (SSSR count). The van der Waals surface area contributed by atoms with Gasteiger partial charge in [-0.15, -0.1) is 0 Å². The maximum Gasteiger partial charge on any atom is 0.308 e. The lowest BCUT2D eigenvalue weighted by atomic mass is 9.77. The minimum Gasteiger partial charge on any atom is -0.469 e. The molecule has 0 aromatic heterocycles. The molecule has 0 heterocycles. The van der Waals surface area contributed by atoms with Crippen LogP contribution in [-0.4, -0.2) is 24.8 Å². The van der Waals surface area contributed by atoms with Crippen LogP contribution in [0.15, 0.2) is 0 Å². The van der Waals surface area contributed by atoms with E-state index in [9.17, 15) is 4.79 Å². The van der Waals surface area contributed by atoms with E-state index in [1.54, 1.807) is 0 Å². The van der Waals surface area contributed by atoms with Crippen molar-refractivity contribution >= 4 is 5.97 Å². The van der Waals surface area contributed by atoms with E-state index < -0.39 is 0 Å². The van der Waals surface area contributed by atoms with Crippen LogP contribution in [0, 0.1) is 0 Å². The Labute approximate surface area is 92.1 Å². The van der Waals surface area contributed by atoms with E-state index in [1.165, 1.54) is 7.11 Å². The van der Waals surface area contributed by atoms with E-state index in [-0.39, 0.29) is 17.7 Å². The molecule has 1 atom stereocenters. The van der Waals surface area contributed by atoms with Crippen LogP contribution >= 0.6 is 0 Å². The predicted molar refractivity (Wildman–Crippen MR) is 58.7 cm³/mol. The highest BCUT2D eigenvalue weighted by molar-refractivity contribution is 5.70. The molecule has 1 saturated carbocycles. The third-order valence-corrected chi connectivity index (χ3v) is 3.11. The fraction of sp³-hybridized carbons (Fsp3) is 0.917. The van der Waals surface area contributed by atoms with E-state index in [1.807, 2.05) is 0 Å². The van der Waals surface area contributed by atoms with Crippen LogP contribution in [0.2, 0.25) is 0 Å². The summed E-state index contributed by atoms with van der Waals surface area (Å²) in [6, 6.07) is 0. The van der Waals surface area contributed by atoms with Gasteiger partial charge in [0.1, 0.15) is 0 Å². The Morgan fingerprint density at radius 3 is 2.53 bits per heavy atom. The van der Waals surface area contributed by atoms with Crippen LogP contribution in [-0.2, 0) is 14.3 Å². The highest BCUT2D eigenvalue weighted by atomic mass is 16.5. The normalized spacial score (nSPS) is 20.5. The van der Waals surface area contributed by atoms with Crippen molar-refractivity contribution in [1.82, 2.24) is 0 Å². The van der Waals surface area contributed by atoms with Crippen LogP contribution < -0.4 is 0 Å². The van der Waals surface area contributed by atoms with Gasteiger partial charge in [0.2, 0.25) is 0 Å². The third-order valence-electron chi connectivity index (χ3n) is 3.11. The van der Waals surface area contributed by atoms with E-state index >= 15 is 0 Å². The highest BCUT2D eigenvalue weighted by Crippen LogP contribution is 2.40. The van der Waals surface area contributed by atoms with Gasteiger partial charge >= 0.3 is 5.97 Å². The summed E-state index contributed by atoms with van der Waals surface area (Å²) in [4.78, 5) is 11.3. The summed E-state index contributed by atoms with van der Waals surface area (Å²) in [7, 11) is 1.43. The lowest BCUT2D eigenvalue weighted by Crippen LogP contribution is -2.44. The predicted octanol–water partition coefficient (Wildman–Crippen LogP) is 2.68. The van der Waals surface area contributed by atoms with Crippen LogP contribution in [0.3, 0.4) is 0 Å². The van der Waals surface area contributed by atoms with Gasteiger partial charge in [0.15, 0.2) is 0 Å². The Morgan fingerprint density at radius 2 is 2.13 bits per heavy atom. The fourth-order valence-corrected chi connectivity index (χ4v) is 2.13. The molecule has 1 unspecified atom stereocenters. The largest absolute Gasteiger partial charge is 0.469 e. The number of carbonyl (C=O) groups excluding carboxylic acids is 1. The van der Waals surface area contributed by atoms with Crippen LogP contribution in [0.5, 0.6) is 0 Å². The second-order valence-electron chi connectivity index (χ2n) is 4.51. The first-order chi connectivity index (χ1) is 7.12. The molecule has 0 saturated heterocycles. The number of hydrogen-bond donors (Lipinski definition) is 0. The number of carbonyl (C=O) groups is 1. The number of hydrogen-bond acceptors (Lipinski definition) is 3. The van der Waals surface area contributed by atoms with Gasteiger partial charge in [-0.25, -0.2) is 0 Å². The van der Waals surface area contributed by atoms with E-state index in [0.717, 1.165) is 32.1 Å². The van der Waals surface area contributed by atoms with Gasteiger partial charge in [-0.05, 0) is 32.6 Å². The first kappa shape index (κ1) is 12.5. The molecular formula is C12H22O3. The summed E-state index contributed by atoms with van der Waals surface area (Å²) in [6.07, 6.45) is 6.00. The molecule has 88 valence electrons. The summed E-state index contributed by atoms with van der Waals surface area (Å²) < 4.78 is 10.7. The Balaban J connectivity index is 2.42. The average Bonchev–Trinajstić information content (AvgIpc) is 2.14. The van der Waals surface area contributed by atoms with Gasteiger partial charge in [0.05, 0.1) is 25.2 Å². The highest BCUT2D eigenvalue weighted by Gasteiger charge is 2.41. The van der Waals surface area contributed by atoms with Crippen molar-refractivity contribution in [3.05, 3.63) is 0 Å². The number of methoxy groups -OCH3 is 1. The molecular weight excluding hydrogens is 192 g/mol. The molecule has 0 amide bonds. The van der Waals surface area contributed by atoms with E-state index in [0.29, 0.717) is 6.42 Å². The zero-order chi connectivity index (χ0) is 11.3. The van der Waals surface area contributed by atoms with Crippen LogP contribution in [0.25, 0.3) is 0 Å². The maximum absolute atomic E-state index is 11.3. The van der Waals surface area contributed by atoms with E-state index in [2.05, 4.69) is 13.8 Å².